The van der Waals surface area contributed by atoms with Crippen LogP contribution in [0.15, 0.2) is 0 Å². The first-order valence-corrected chi connectivity index (χ1v) is 7.25. The molecule has 1 fully saturated rings. The Morgan fingerprint density at radius 3 is 2.59 bits per heavy atom. The zero-order valence-corrected chi connectivity index (χ0v) is 11.8. The quantitative estimate of drug-likeness (QED) is 0.713. The molecule has 0 saturated heterocycles. The summed E-state index contributed by atoms with van der Waals surface area (Å²) in [6.45, 7) is 7.78. The van der Waals surface area contributed by atoms with Crippen LogP contribution >= 0.6 is 0 Å². The molecular weight excluding hydrogens is 212 g/mol. The molecule has 0 bridgehead atoms. The molecule has 102 valence electrons. The highest BCUT2D eigenvalue weighted by Crippen LogP contribution is 2.31. The van der Waals surface area contributed by atoms with E-state index in [1.807, 2.05) is 0 Å². The van der Waals surface area contributed by atoms with E-state index in [1.165, 1.54) is 25.7 Å². The summed E-state index contributed by atoms with van der Waals surface area (Å²) in [5.41, 5.74) is 0. The minimum absolute atomic E-state index is 0.280. The number of nitrogens with one attached hydrogen (secondary N) is 1. The van der Waals surface area contributed by atoms with Crippen molar-refractivity contribution in [2.45, 2.75) is 45.6 Å². The first kappa shape index (κ1) is 14.9. The van der Waals surface area contributed by atoms with Gasteiger partial charge < -0.3 is 15.3 Å². The van der Waals surface area contributed by atoms with E-state index in [9.17, 15) is 0 Å². The van der Waals surface area contributed by atoms with Gasteiger partial charge in [0.1, 0.15) is 0 Å². The predicted octanol–water partition coefficient (Wildman–Crippen LogP) is 1.71. The highest BCUT2D eigenvalue weighted by Gasteiger charge is 2.29. The zero-order chi connectivity index (χ0) is 12.7. The molecule has 1 rings (SSSR count). The maximum atomic E-state index is 9.06. The molecule has 0 aliphatic heterocycles. The Kier molecular flexibility index (Phi) is 7.09. The number of nitrogens with zero attached hydrogens (tertiary/aromatic N) is 1. The molecule has 0 heterocycles. The normalized spacial score (nSPS) is 29.8. The van der Waals surface area contributed by atoms with Crippen LogP contribution in [0.5, 0.6) is 0 Å². The van der Waals surface area contributed by atoms with Gasteiger partial charge in [-0.1, -0.05) is 20.3 Å². The smallest absolute Gasteiger partial charge is 0.0558 e. The summed E-state index contributed by atoms with van der Waals surface area (Å²) in [5, 5.41) is 12.5. The number of rotatable bonds is 7. The van der Waals surface area contributed by atoms with Crippen molar-refractivity contribution in [1.82, 2.24) is 10.2 Å². The average Bonchev–Trinajstić information content (AvgIpc) is 2.38. The summed E-state index contributed by atoms with van der Waals surface area (Å²) in [6.07, 6.45) is 5.37. The van der Waals surface area contributed by atoms with Gasteiger partial charge in [0.05, 0.1) is 6.61 Å². The van der Waals surface area contributed by atoms with Crippen LogP contribution in [0.2, 0.25) is 0 Å². The van der Waals surface area contributed by atoms with Gasteiger partial charge in [0, 0.05) is 19.1 Å². The van der Waals surface area contributed by atoms with E-state index in [-0.39, 0.29) is 6.61 Å². The van der Waals surface area contributed by atoms with Crippen molar-refractivity contribution < 1.29 is 5.11 Å². The Hall–Kier alpha value is -0.120. The van der Waals surface area contributed by atoms with Crippen LogP contribution in [0.3, 0.4) is 0 Å². The van der Waals surface area contributed by atoms with E-state index in [1.54, 1.807) is 0 Å². The molecule has 3 atom stereocenters. The molecule has 0 aromatic heterocycles. The van der Waals surface area contributed by atoms with E-state index in [2.05, 4.69) is 31.1 Å². The van der Waals surface area contributed by atoms with E-state index < -0.39 is 0 Å². The molecule has 3 unspecified atom stereocenters. The highest BCUT2D eigenvalue weighted by molar-refractivity contribution is 4.85. The minimum atomic E-state index is 0.280. The lowest BCUT2D eigenvalue weighted by molar-refractivity contribution is 0.127. The standard InChI is InChI=1S/C14H30N2O/c1-4-12-6-7-14(15-3)13(10-12)11-16(5-2)8-9-17/h12-15,17H,4-11H2,1-3H3. The van der Waals surface area contributed by atoms with Crippen LogP contribution in [0.25, 0.3) is 0 Å². The van der Waals surface area contributed by atoms with E-state index in [0.29, 0.717) is 6.04 Å². The molecule has 0 radical (unpaired) electrons. The first-order valence-electron chi connectivity index (χ1n) is 7.25. The molecule has 1 aliphatic carbocycles. The van der Waals surface area contributed by atoms with Gasteiger partial charge in [0.15, 0.2) is 0 Å². The predicted molar refractivity (Wildman–Crippen MR) is 73.2 cm³/mol. The summed E-state index contributed by atoms with van der Waals surface area (Å²) in [7, 11) is 2.09. The second kappa shape index (κ2) is 8.06. The largest absolute Gasteiger partial charge is 0.395 e. The lowest BCUT2D eigenvalue weighted by Crippen LogP contribution is -2.45. The van der Waals surface area contributed by atoms with Crippen LogP contribution in [-0.2, 0) is 0 Å². The summed E-state index contributed by atoms with van der Waals surface area (Å²) < 4.78 is 0. The van der Waals surface area contributed by atoms with Gasteiger partial charge in [0.25, 0.3) is 0 Å². The Morgan fingerprint density at radius 1 is 1.29 bits per heavy atom. The lowest BCUT2D eigenvalue weighted by Gasteiger charge is -2.38. The number of aliphatic hydroxyl groups excluding tert-OH is 1. The maximum Gasteiger partial charge on any atom is 0.0558 e. The van der Waals surface area contributed by atoms with Gasteiger partial charge >= 0.3 is 0 Å². The Balaban J connectivity index is 2.50. The summed E-state index contributed by atoms with van der Waals surface area (Å²) in [4.78, 5) is 2.38. The maximum absolute atomic E-state index is 9.06. The highest BCUT2D eigenvalue weighted by atomic mass is 16.3. The fourth-order valence-corrected chi connectivity index (χ4v) is 3.17. The summed E-state index contributed by atoms with van der Waals surface area (Å²) in [6, 6.07) is 0.672. The third-order valence-corrected chi connectivity index (χ3v) is 4.40. The van der Waals surface area contributed by atoms with Gasteiger partial charge in [-0.25, -0.2) is 0 Å². The third-order valence-electron chi connectivity index (χ3n) is 4.40. The van der Waals surface area contributed by atoms with Crippen molar-refractivity contribution in [3.8, 4) is 0 Å². The van der Waals surface area contributed by atoms with Crippen molar-refractivity contribution in [2.24, 2.45) is 11.8 Å². The molecule has 3 heteroatoms. The fourth-order valence-electron chi connectivity index (χ4n) is 3.17. The summed E-state index contributed by atoms with van der Waals surface area (Å²) >= 11 is 0. The molecule has 0 amide bonds. The molecule has 0 aromatic rings. The second-order valence-electron chi connectivity index (χ2n) is 5.36. The van der Waals surface area contributed by atoms with Crippen molar-refractivity contribution in [1.29, 1.82) is 0 Å². The number of hydrogen-bond acceptors (Lipinski definition) is 3. The number of hydrogen-bond donors (Lipinski definition) is 2. The van der Waals surface area contributed by atoms with Crippen molar-refractivity contribution in [3.63, 3.8) is 0 Å². The van der Waals surface area contributed by atoms with Crippen LogP contribution in [-0.4, -0.2) is 49.3 Å². The van der Waals surface area contributed by atoms with Crippen molar-refractivity contribution in [2.75, 3.05) is 33.3 Å². The molecule has 0 spiro atoms. The summed E-state index contributed by atoms with van der Waals surface area (Å²) in [5.74, 6) is 1.67. The Morgan fingerprint density at radius 2 is 2.06 bits per heavy atom. The molecule has 0 aromatic carbocycles. The van der Waals surface area contributed by atoms with Gasteiger partial charge in [-0.15, -0.1) is 0 Å². The van der Waals surface area contributed by atoms with Crippen LogP contribution in [0, 0.1) is 11.8 Å². The van der Waals surface area contributed by atoms with Crippen LogP contribution in [0.4, 0.5) is 0 Å². The number of aliphatic hydroxyl groups is 1. The molecule has 3 nitrogen and oxygen atoms in total. The zero-order valence-electron chi connectivity index (χ0n) is 11.8. The molecule has 2 N–H and O–H groups in total. The van der Waals surface area contributed by atoms with Crippen molar-refractivity contribution >= 4 is 0 Å². The molecule has 1 saturated carbocycles. The second-order valence-corrected chi connectivity index (χ2v) is 5.36. The van der Waals surface area contributed by atoms with Crippen molar-refractivity contribution in [3.05, 3.63) is 0 Å². The first-order chi connectivity index (χ1) is 8.24. The topological polar surface area (TPSA) is 35.5 Å². The van der Waals surface area contributed by atoms with E-state index in [4.69, 9.17) is 5.11 Å². The van der Waals surface area contributed by atoms with Crippen LogP contribution < -0.4 is 5.32 Å². The Labute approximate surface area is 107 Å². The van der Waals surface area contributed by atoms with Gasteiger partial charge in [0.2, 0.25) is 0 Å². The van der Waals surface area contributed by atoms with E-state index in [0.717, 1.165) is 31.5 Å². The van der Waals surface area contributed by atoms with Gasteiger partial charge in [-0.2, -0.15) is 0 Å². The monoisotopic (exact) mass is 242 g/mol. The van der Waals surface area contributed by atoms with Gasteiger partial charge in [-0.3, -0.25) is 0 Å². The number of likely N-dealkylation sites (N-methyl/N-ethyl adjacent to an activating group) is 1. The minimum Gasteiger partial charge on any atom is -0.395 e. The van der Waals surface area contributed by atoms with Crippen LogP contribution in [0.1, 0.15) is 39.5 Å². The van der Waals surface area contributed by atoms with E-state index >= 15 is 0 Å². The lowest BCUT2D eigenvalue weighted by atomic mass is 9.76. The SMILES string of the molecule is CCC1CCC(NC)C(CN(CC)CCO)C1. The Bertz CT molecular complexity index is 199. The fraction of sp³-hybridized carbons (Fsp3) is 1.00. The molecular formula is C14H30N2O. The molecule has 17 heavy (non-hydrogen) atoms. The third kappa shape index (κ3) is 4.57. The molecule has 1 aliphatic rings. The van der Waals surface area contributed by atoms with Gasteiger partial charge in [-0.05, 0) is 44.7 Å². The average molecular weight is 242 g/mol.